The van der Waals surface area contributed by atoms with Gasteiger partial charge < -0.3 is 9.80 Å². The molecule has 0 aromatic heterocycles. The molecule has 3 rings (SSSR count). The van der Waals surface area contributed by atoms with Crippen LogP contribution in [0.2, 0.25) is 0 Å². The van der Waals surface area contributed by atoms with Gasteiger partial charge in [-0.1, -0.05) is 48.5 Å². The zero-order valence-corrected chi connectivity index (χ0v) is 13.6. The summed E-state index contributed by atoms with van der Waals surface area (Å²) >= 11 is 0. The molecule has 0 saturated carbocycles. The fourth-order valence-corrected chi connectivity index (χ4v) is 3.23. The predicted molar refractivity (Wildman–Crippen MR) is 92.7 cm³/mol. The van der Waals surface area contributed by atoms with Crippen LogP contribution in [0.5, 0.6) is 0 Å². The number of nitrogens with one attached hydrogen (secondary N) is 1. The van der Waals surface area contributed by atoms with Crippen molar-refractivity contribution in [3.05, 3.63) is 71.8 Å². The lowest BCUT2D eigenvalue weighted by Crippen LogP contribution is -3.14. The number of aryl methyl sites for hydroxylation is 1. The summed E-state index contributed by atoms with van der Waals surface area (Å²) in [6, 6.07) is 20.3. The molecule has 0 atom stereocenters. The van der Waals surface area contributed by atoms with Crippen LogP contribution in [0.15, 0.2) is 60.7 Å². The van der Waals surface area contributed by atoms with Crippen molar-refractivity contribution in [2.24, 2.45) is 0 Å². The first kappa shape index (κ1) is 15.8. The second-order valence-corrected chi connectivity index (χ2v) is 6.25. The van der Waals surface area contributed by atoms with Gasteiger partial charge in [0.1, 0.15) is 0 Å². The van der Waals surface area contributed by atoms with Crippen molar-refractivity contribution in [2.45, 2.75) is 12.8 Å². The molecule has 0 radical (unpaired) electrons. The van der Waals surface area contributed by atoms with Gasteiger partial charge in [-0.3, -0.25) is 4.79 Å². The molecule has 1 aliphatic rings. The average Bonchev–Trinajstić information content (AvgIpc) is 2.63. The van der Waals surface area contributed by atoms with Gasteiger partial charge in [0, 0.05) is 12.0 Å². The number of piperazine rings is 1. The fourth-order valence-electron chi connectivity index (χ4n) is 3.23. The fraction of sp³-hybridized carbons (Fsp3) is 0.350. The minimum absolute atomic E-state index is 0.175. The molecule has 3 nitrogen and oxygen atoms in total. The van der Waals surface area contributed by atoms with Crippen molar-refractivity contribution in [3.63, 3.8) is 0 Å². The molecule has 1 fully saturated rings. The molecule has 0 bridgehead atoms. The van der Waals surface area contributed by atoms with Crippen LogP contribution >= 0.6 is 0 Å². The molecule has 120 valence electrons. The second kappa shape index (κ2) is 7.93. The third kappa shape index (κ3) is 4.42. The first-order valence-corrected chi connectivity index (χ1v) is 8.55. The number of amides is 1. The van der Waals surface area contributed by atoms with Gasteiger partial charge in [-0.25, -0.2) is 0 Å². The van der Waals surface area contributed by atoms with Crippen LogP contribution in [0.1, 0.15) is 22.3 Å². The molecule has 23 heavy (non-hydrogen) atoms. The van der Waals surface area contributed by atoms with E-state index in [1.54, 1.807) is 4.90 Å². The number of carbonyl (C=O) groups excluding carboxylic acids is 1. The Morgan fingerprint density at radius 3 is 2.17 bits per heavy atom. The van der Waals surface area contributed by atoms with Gasteiger partial charge in [0.05, 0.1) is 32.7 Å². The number of nitrogens with zero attached hydrogens (tertiary/aromatic N) is 1. The Morgan fingerprint density at radius 1 is 0.913 bits per heavy atom. The van der Waals surface area contributed by atoms with Gasteiger partial charge in [0.25, 0.3) is 5.91 Å². The molecule has 1 heterocycles. The lowest BCUT2D eigenvalue weighted by Gasteiger charge is -2.32. The first-order valence-electron chi connectivity index (χ1n) is 8.55. The Kier molecular flexibility index (Phi) is 5.43. The number of hydrogen-bond donors (Lipinski definition) is 1. The van der Waals surface area contributed by atoms with E-state index in [0.29, 0.717) is 0 Å². The normalized spacial score (nSPS) is 15.6. The monoisotopic (exact) mass is 309 g/mol. The summed E-state index contributed by atoms with van der Waals surface area (Å²) in [5, 5.41) is 0. The molecule has 2 aromatic rings. The standard InChI is InChI=1S/C20H24N2O/c23-20(19-11-5-2-6-12-19)22-16-14-21(15-17-22)13-7-10-18-8-3-1-4-9-18/h1-6,8-9,11-12H,7,10,13-17H2/p+1. The van der Waals surface area contributed by atoms with Crippen molar-refractivity contribution >= 4 is 5.91 Å². The van der Waals surface area contributed by atoms with E-state index in [2.05, 4.69) is 30.3 Å². The zero-order valence-electron chi connectivity index (χ0n) is 13.6. The molecule has 0 spiro atoms. The summed E-state index contributed by atoms with van der Waals surface area (Å²) < 4.78 is 0. The Morgan fingerprint density at radius 2 is 1.52 bits per heavy atom. The highest BCUT2D eigenvalue weighted by Gasteiger charge is 2.23. The Labute approximate surface area is 138 Å². The summed E-state index contributed by atoms with van der Waals surface area (Å²) in [5.74, 6) is 0.175. The lowest BCUT2D eigenvalue weighted by molar-refractivity contribution is -0.904. The van der Waals surface area contributed by atoms with E-state index in [-0.39, 0.29) is 5.91 Å². The summed E-state index contributed by atoms with van der Waals surface area (Å²) in [6.45, 7) is 5.06. The van der Waals surface area contributed by atoms with E-state index in [0.717, 1.165) is 38.2 Å². The number of quaternary nitrogens is 1. The van der Waals surface area contributed by atoms with Crippen molar-refractivity contribution in [1.29, 1.82) is 0 Å². The highest BCUT2D eigenvalue weighted by Crippen LogP contribution is 2.05. The Bertz CT molecular complexity index is 604. The highest BCUT2D eigenvalue weighted by molar-refractivity contribution is 5.94. The molecule has 1 aliphatic heterocycles. The quantitative estimate of drug-likeness (QED) is 0.893. The maximum Gasteiger partial charge on any atom is 0.254 e. The van der Waals surface area contributed by atoms with Crippen LogP contribution in [-0.4, -0.2) is 43.5 Å². The summed E-state index contributed by atoms with van der Waals surface area (Å²) in [7, 11) is 0. The number of benzene rings is 2. The number of carbonyl (C=O) groups is 1. The van der Waals surface area contributed by atoms with E-state index in [4.69, 9.17) is 0 Å². The van der Waals surface area contributed by atoms with Crippen LogP contribution in [0.4, 0.5) is 0 Å². The number of rotatable bonds is 5. The predicted octanol–water partition coefficient (Wildman–Crippen LogP) is 1.66. The van der Waals surface area contributed by atoms with Crippen LogP contribution in [0.25, 0.3) is 0 Å². The molecular weight excluding hydrogens is 284 g/mol. The summed E-state index contributed by atoms with van der Waals surface area (Å²) in [6.07, 6.45) is 2.36. The van der Waals surface area contributed by atoms with Gasteiger partial charge in [-0.2, -0.15) is 0 Å². The van der Waals surface area contributed by atoms with Gasteiger partial charge >= 0.3 is 0 Å². The maximum atomic E-state index is 12.4. The van der Waals surface area contributed by atoms with Crippen LogP contribution < -0.4 is 4.90 Å². The van der Waals surface area contributed by atoms with E-state index >= 15 is 0 Å². The minimum Gasteiger partial charge on any atom is -0.332 e. The molecule has 1 amide bonds. The molecule has 0 unspecified atom stereocenters. The Hall–Kier alpha value is -2.13. The third-order valence-corrected chi connectivity index (χ3v) is 4.62. The third-order valence-electron chi connectivity index (χ3n) is 4.62. The summed E-state index contributed by atoms with van der Waals surface area (Å²) in [5.41, 5.74) is 2.23. The summed E-state index contributed by atoms with van der Waals surface area (Å²) in [4.78, 5) is 16.0. The van der Waals surface area contributed by atoms with Crippen molar-refractivity contribution < 1.29 is 9.69 Å². The van der Waals surface area contributed by atoms with E-state index in [9.17, 15) is 4.79 Å². The van der Waals surface area contributed by atoms with Crippen molar-refractivity contribution in [3.8, 4) is 0 Å². The first-order chi connectivity index (χ1) is 11.3. The molecule has 3 heteroatoms. The maximum absolute atomic E-state index is 12.4. The topological polar surface area (TPSA) is 24.8 Å². The van der Waals surface area contributed by atoms with Crippen LogP contribution in [0.3, 0.4) is 0 Å². The minimum atomic E-state index is 0.175. The SMILES string of the molecule is O=C(c1ccccc1)N1CC[NH+](CCCc2ccccc2)CC1. The molecule has 1 N–H and O–H groups in total. The average molecular weight is 309 g/mol. The van der Waals surface area contributed by atoms with Crippen molar-refractivity contribution in [1.82, 2.24) is 4.90 Å². The smallest absolute Gasteiger partial charge is 0.254 e. The molecular formula is C20H25N2O+. The second-order valence-electron chi connectivity index (χ2n) is 6.25. The number of hydrogen-bond acceptors (Lipinski definition) is 1. The zero-order chi connectivity index (χ0) is 15.9. The van der Waals surface area contributed by atoms with E-state index in [1.165, 1.54) is 18.5 Å². The molecule has 1 saturated heterocycles. The lowest BCUT2D eigenvalue weighted by atomic mass is 10.1. The van der Waals surface area contributed by atoms with E-state index < -0.39 is 0 Å². The van der Waals surface area contributed by atoms with Crippen molar-refractivity contribution in [2.75, 3.05) is 32.7 Å². The molecule has 0 aliphatic carbocycles. The van der Waals surface area contributed by atoms with Gasteiger partial charge in [0.15, 0.2) is 0 Å². The van der Waals surface area contributed by atoms with Crippen LogP contribution in [0, 0.1) is 0 Å². The van der Waals surface area contributed by atoms with Gasteiger partial charge in [0.2, 0.25) is 0 Å². The highest BCUT2D eigenvalue weighted by atomic mass is 16.2. The van der Waals surface area contributed by atoms with Gasteiger partial charge in [-0.15, -0.1) is 0 Å². The molecule has 2 aromatic carbocycles. The van der Waals surface area contributed by atoms with E-state index in [1.807, 2.05) is 35.2 Å². The van der Waals surface area contributed by atoms with Crippen LogP contribution in [-0.2, 0) is 6.42 Å². The Balaban J connectivity index is 1.41. The largest absolute Gasteiger partial charge is 0.332 e. The van der Waals surface area contributed by atoms with Gasteiger partial charge in [-0.05, 0) is 24.1 Å².